The van der Waals surface area contributed by atoms with E-state index in [4.69, 9.17) is 0 Å². The number of carbonyl (C=O) groups excluding carboxylic acids is 1. The summed E-state index contributed by atoms with van der Waals surface area (Å²) in [7, 11) is 0. The SMILES string of the molecule is Cl.O=C(CCCCN1CCC1)Nc1cccc(-c2n[nH]c(=O)c3ccccc23)c1. The highest BCUT2D eigenvalue weighted by Crippen LogP contribution is 2.26. The van der Waals surface area contributed by atoms with Gasteiger partial charge in [0.05, 0.1) is 11.1 Å². The van der Waals surface area contributed by atoms with Crippen molar-refractivity contribution in [3.63, 3.8) is 0 Å². The summed E-state index contributed by atoms with van der Waals surface area (Å²) in [4.78, 5) is 26.7. The van der Waals surface area contributed by atoms with Gasteiger partial charge in [0.2, 0.25) is 5.91 Å². The molecule has 2 heterocycles. The van der Waals surface area contributed by atoms with Crippen molar-refractivity contribution in [2.45, 2.75) is 25.7 Å². The van der Waals surface area contributed by atoms with Gasteiger partial charge in [0, 0.05) is 23.1 Å². The molecule has 6 nitrogen and oxygen atoms in total. The van der Waals surface area contributed by atoms with Crippen molar-refractivity contribution in [1.82, 2.24) is 15.1 Å². The van der Waals surface area contributed by atoms with Crippen LogP contribution in [0.3, 0.4) is 0 Å². The number of halogens is 1. The van der Waals surface area contributed by atoms with Crippen molar-refractivity contribution in [1.29, 1.82) is 0 Å². The molecular weight excluding hydrogens is 388 g/mol. The number of likely N-dealkylation sites (tertiary alicyclic amines) is 1. The van der Waals surface area contributed by atoms with Crippen LogP contribution in [0.15, 0.2) is 53.3 Å². The predicted octanol–water partition coefficient (Wildman–Crippen LogP) is 3.83. The van der Waals surface area contributed by atoms with Gasteiger partial charge in [0.15, 0.2) is 0 Å². The Hall–Kier alpha value is -2.70. The molecule has 152 valence electrons. The number of nitrogens with zero attached hydrogens (tertiary/aromatic N) is 2. The monoisotopic (exact) mass is 412 g/mol. The maximum atomic E-state index is 12.3. The molecule has 1 amide bonds. The number of nitrogens with one attached hydrogen (secondary N) is 2. The zero-order valence-corrected chi connectivity index (χ0v) is 17.0. The molecule has 0 atom stereocenters. The molecule has 7 heteroatoms. The summed E-state index contributed by atoms with van der Waals surface area (Å²) >= 11 is 0. The highest BCUT2D eigenvalue weighted by atomic mass is 35.5. The Bertz CT molecular complexity index is 1050. The smallest absolute Gasteiger partial charge is 0.272 e. The second kappa shape index (κ2) is 9.67. The fourth-order valence-corrected chi connectivity index (χ4v) is 3.53. The van der Waals surface area contributed by atoms with Gasteiger partial charge in [0.1, 0.15) is 0 Å². The molecular formula is C22H25ClN4O2. The lowest BCUT2D eigenvalue weighted by Crippen LogP contribution is -2.37. The van der Waals surface area contributed by atoms with Gasteiger partial charge in [-0.15, -0.1) is 12.4 Å². The van der Waals surface area contributed by atoms with E-state index in [1.165, 1.54) is 19.5 Å². The molecule has 1 fully saturated rings. The number of aromatic nitrogens is 2. The molecule has 1 aliphatic rings. The number of anilines is 1. The number of H-pyrrole nitrogens is 1. The number of aromatic amines is 1. The number of fused-ring (bicyclic) bond motifs is 1. The first-order chi connectivity index (χ1) is 13.7. The molecule has 1 aromatic heterocycles. The van der Waals surface area contributed by atoms with Crippen molar-refractivity contribution in [2.24, 2.45) is 0 Å². The van der Waals surface area contributed by atoms with E-state index in [0.717, 1.165) is 36.0 Å². The van der Waals surface area contributed by atoms with Crippen molar-refractivity contribution >= 4 is 34.8 Å². The van der Waals surface area contributed by atoms with Crippen LogP contribution >= 0.6 is 12.4 Å². The van der Waals surface area contributed by atoms with Crippen molar-refractivity contribution in [3.05, 3.63) is 58.9 Å². The average Bonchev–Trinajstić information content (AvgIpc) is 2.67. The Morgan fingerprint density at radius 3 is 2.62 bits per heavy atom. The first-order valence-electron chi connectivity index (χ1n) is 9.81. The third-order valence-electron chi connectivity index (χ3n) is 5.19. The lowest BCUT2D eigenvalue weighted by molar-refractivity contribution is -0.116. The van der Waals surface area contributed by atoms with Crippen LogP contribution in [0.2, 0.25) is 0 Å². The zero-order chi connectivity index (χ0) is 19.3. The van der Waals surface area contributed by atoms with E-state index in [2.05, 4.69) is 20.4 Å². The number of carbonyl (C=O) groups is 1. The van der Waals surface area contributed by atoms with E-state index in [9.17, 15) is 9.59 Å². The van der Waals surface area contributed by atoms with Gasteiger partial charge >= 0.3 is 0 Å². The number of benzene rings is 2. The quantitative estimate of drug-likeness (QED) is 0.578. The lowest BCUT2D eigenvalue weighted by Gasteiger charge is -2.30. The van der Waals surface area contributed by atoms with Crippen molar-refractivity contribution in [3.8, 4) is 11.3 Å². The number of rotatable bonds is 7. The van der Waals surface area contributed by atoms with E-state index in [-0.39, 0.29) is 23.9 Å². The first kappa shape index (κ1) is 21.0. The molecule has 4 rings (SSSR count). The Morgan fingerprint density at radius 1 is 1.07 bits per heavy atom. The fourth-order valence-electron chi connectivity index (χ4n) is 3.53. The Balaban J connectivity index is 0.00000240. The van der Waals surface area contributed by atoms with E-state index in [1.54, 1.807) is 6.07 Å². The Kier molecular flexibility index (Phi) is 7.01. The summed E-state index contributed by atoms with van der Waals surface area (Å²) in [5.74, 6) is 0.0278. The van der Waals surface area contributed by atoms with E-state index in [0.29, 0.717) is 17.5 Å². The fraction of sp³-hybridized carbons (Fsp3) is 0.318. The minimum absolute atomic E-state index is 0. The normalized spacial score (nSPS) is 13.5. The van der Waals surface area contributed by atoms with Gasteiger partial charge in [-0.25, -0.2) is 5.10 Å². The molecule has 3 aromatic rings. The van der Waals surface area contributed by atoms with Gasteiger partial charge < -0.3 is 10.2 Å². The summed E-state index contributed by atoms with van der Waals surface area (Å²) < 4.78 is 0. The predicted molar refractivity (Wildman–Crippen MR) is 119 cm³/mol. The second-order valence-electron chi connectivity index (χ2n) is 7.23. The largest absolute Gasteiger partial charge is 0.326 e. The highest BCUT2D eigenvalue weighted by Gasteiger charge is 2.13. The van der Waals surface area contributed by atoms with E-state index in [1.807, 2.05) is 42.5 Å². The van der Waals surface area contributed by atoms with E-state index >= 15 is 0 Å². The van der Waals surface area contributed by atoms with Crippen LogP contribution in [0.5, 0.6) is 0 Å². The topological polar surface area (TPSA) is 78.1 Å². The summed E-state index contributed by atoms with van der Waals surface area (Å²) in [6, 6.07) is 15.0. The van der Waals surface area contributed by atoms with Crippen LogP contribution in [0, 0.1) is 0 Å². The van der Waals surface area contributed by atoms with Crippen LogP contribution < -0.4 is 10.9 Å². The van der Waals surface area contributed by atoms with Gasteiger partial charge in [-0.3, -0.25) is 9.59 Å². The average molecular weight is 413 g/mol. The van der Waals surface area contributed by atoms with Gasteiger partial charge in [-0.1, -0.05) is 30.3 Å². The summed E-state index contributed by atoms with van der Waals surface area (Å²) in [6.45, 7) is 3.49. The Labute approximate surface area is 175 Å². The molecule has 29 heavy (non-hydrogen) atoms. The lowest BCUT2D eigenvalue weighted by atomic mass is 10.0. The second-order valence-corrected chi connectivity index (χ2v) is 7.23. The van der Waals surface area contributed by atoms with Crippen LogP contribution in [0.4, 0.5) is 5.69 Å². The summed E-state index contributed by atoms with van der Waals surface area (Å²) in [5.41, 5.74) is 2.08. The molecule has 0 radical (unpaired) electrons. The molecule has 0 spiro atoms. The molecule has 0 aliphatic carbocycles. The number of hydrogen-bond donors (Lipinski definition) is 2. The third-order valence-corrected chi connectivity index (χ3v) is 5.19. The summed E-state index contributed by atoms with van der Waals surface area (Å²) in [5, 5.41) is 11.2. The standard InChI is InChI=1S/C22H24N4O2.ClH/c27-20(11-3-4-12-26-13-6-14-26)23-17-8-5-7-16(15-17)21-18-9-1-2-10-19(18)22(28)25-24-21;/h1-2,5,7-10,15H,3-4,6,11-14H2,(H,23,27)(H,25,28);1H. The maximum absolute atomic E-state index is 12.3. The number of unbranched alkanes of at least 4 members (excludes halogenated alkanes) is 1. The molecule has 1 saturated heterocycles. The first-order valence-corrected chi connectivity index (χ1v) is 9.81. The third kappa shape index (κ3) is 5.02. The van der Waals surface area contributed by atoms with Crippen LogP contribution in [-0.4, -0.2) is 40.6 Å². The number of hydrogen-bond acceptors (Lipinski definition) is 4. The summed E-state index contributed by atoms with van der Waals surface area (Å²) in [6.07, 6.45) is 3.78. The van der Waals surface area contributed by atoms with E-state index < -0.39 is 0 Å². The van der Waals surface area contributed by atoms with Crippen LogP contribution in [0.1, 0.15) is 25.7 Å². The number of amides is 1. The zero-order valence-electron chi connectivity index (χ0n) is 16.2. The van der Waals surface area contributed by atoms with Crippen molar-refractivity contribution in [2.75, 3.05) is 25.0 Å². The maximum Gasteiger partial charge on any atom is 0.272 e. The minimum atomic E-state index is -0.206. The molecule has 2 aromatic carbocycles. The molecule has 0 bridgehead atoms. The van der Waals surface area contributed by atoms with Gasteiger partial charge in [-0.2, -0.15) is 5.10 Å². The molecule has 1 aliphatic heterocycles. The Morgan fingerprint density at radius 2 is 1.86 bits per heavy atom. The minimum Gasteiger partial charge on any atom is -0.326 e. The molecule has 0 unspecified atom stereocenters. The highest BCUT2D eigenvalue weighted by molar-refractivity contribution is 5.95. The van der Waals surface area contributed by atoms with Gasteiger partial charge in [-0.05, 0) is 57.1 Å². The van der Waals surface area contributed by atoms with Crippen molar-refractivity contribution < 1.29 is 4.79 Å². The van der Waals surface area contributed by atoms with Crippen LogP contribution in [-0.2, 0) is 4.79 Å². The van der Waals surface area contributed by atoms with Gasteiger partial charge in [0.25, 0.3) is 5.56 Å². The van der Waals surface area contributed by atoms with Crippen LogP contribution in [0.25, 0.3) is 22.0 Å². The molecule has 0 saturated carbocycles. The molecule has 2 N–H and O–H groups in total.